The first-order valence-electron chi connectivity index (χ1n) is 6.56. The number of hydrogen-bond donors (Lipinski definition) is 1. The second kappa shape index (κ2) is 5.13. The molecular weight excluding hydrogens is 272 g/mol. The Morgan fingerprint density at radius 2 is 2.15 bits per heavy atom. The topological polar surface area (TPSA) is 56.7 Å². The second-order valence-corrected chi connectivity index (χ2v) is 5.12. The molecule has 2 aromatic heterocycles. The van der Waals surface area contributed by atoms with Crippen molar-refractivity contribution in [3.05, 3.63) is 41.7 Å². The summed E-state index contributed by atoms with van der Waals surface area (Å²) in [6, 6.07) is 7.63. The van der Waals surface area contributed by atoms with Crippen LogP contribution in [-0.4, -0.2) is 14.5 Å². The van der Waals surface area contributed by atoms with Crippen LogP contribution in [-0.2, 0) is 6.54 Å². The van der Waals surface area contributed by atoms with E-state index in [0.29, 0.717) is 10.7 Å². The smallest absolute Gasteiger partial charge is 0.143 e. The highest BCUT2D eigenvalue weighted by Gasteiger charge is 2.14. The number of fused-ring (bicyclic) bond motifs is 1. The molecule has 102 valence electrons. The molecule has 0 aliphatic carbocycles. The molecule has 2 heterocycles. The van der Waals surface area contributed by atoms with Crippen LogP contribution in [0.2, 0.25) is 5.02 Å². The molecule has 5 heteroatoms. The fraction of sp³-hybridized carbons (Fsp3) is 0.200. The highest BCUT2D eigenvalue weighted by molar-refractivity contribution is 6.31. The zero-order valence-corrected chi connectivity index (χ0v) is 11.9. The van der Waals surface area contributed by atoms with Gasteiger partial charge in [0.1, 0.15) is 5.82 Å². The number of nitrogens with zero attached hydrogens (tertiary/aromatic N) is 3. The number of aryl methyl sites for hydroxylation is 1. The number of hydrogen-bond acceptors (Lipinski definition) is 3. The van der Waals surface area contributed by atoms with Gasteiger partial charge < -0.3 is 10.3 Å². The zero-order valence-electron chi connectivity index (χ0n) is 11.2. The number of nitrogen functional groups attached to an aromatic ring is 1. The van der Waals surface area contributed by atoms with Gasteiger partial charge in [0.2, 0.25) is 0 Å². The highest BCUT2D eigenvalue weighted by atomic mass is 35.5. The van der Waals surface area contributed by atoms with Crippen molar-refractivity contribution in [2.24, 2.45) is 0 Å². The Balaban J connectivity index is 2.30. The molecule has 4 nitrogen and oxygen atoms in total. The molecule has 3 aromatic rings. The number of aromatic nitrogens is 3. The molecule has 20 heavy (non-hydrogen) atoms. The van der Waals surface area contributed by atoms with Crippen molar-refractivity contribution in [3.8, 4) is 11.4 Å². The molecule has 0 aliphatic rings. The summed E-state index contributed by atoms with van der Waals surface area (Å²) in [7, 11) is 0. The molecule has 0 unspecified atom stereocenters. The van der Waals surface area contributed by atoms with E-state index in [1.54, 1.807) is 12.4 Å². The number of rotatable bonds is 3. The molecule has 0 bridgehead atoms. The first-order chi connectivity index (χ1) is 9.70. The van der Waals surface area contributed by atoms with Gasteiger partial charge in [-0.25, -0.2) is 4.98 Å². The Morgan fingerprint density at radius 1 is 1.30 bits per heavy atom. The highest BCUT2D eigenvalue weighted by Crippen LogP contribution is 2.29. The van der Waals surface area contributed by atoms with Crippen LogP contribution in [0.15, 0.2) is 36.7 Å². The average molecular weight is 287 g/mol. The lowest BCUT2D eigenvalue weighted by molar-refractivity contribution is 0.704. The maximum atomic E-state index is 6.10. The Labute approximate surface area is 122 Å². The lowest BCUT2D eigenvalue weighted by Crippen LogP contribution is -2.02. The number of imidazole rings is 1. The minimum Gasteiger partial charge on any atom is -0.397 e. The van der Waals surface area contributed by atoms with Crippen molar-refractivity contribution in [3.63, 3.8) is 0 Å². The largest absolute Gasteiger partial charge is 0.397 e. The van der Waals surface area contributed by atoms with E-state index in [1.807, 2.05) is 24.3 Å². The van der Waals surface area contributed by atoms with Crippen molar-refractivity contribution in [2.45, 2.75) is 19.9 Å². The minimum absolute atomic E-state index is 0.631. The van der Waals surface area contributed by atoms with E-state index >= 15 is 0 Å². The normalized spacial score (nSPS) is 11.1. The van der Waals surface area contributed by atoms with Crippen LogP contribution in [0.4, 0.5) is 5.69 Å². The summed E-state index contributed by atoms with van der Waals surface area (Å²) in [5.41, 5.74) is 9.52. The van der Waals surface area contributed by atoms with Gasteiger partial charge in [-0.15, -0.1) is 0 Å². The molecule has 0 saturated heterocycles. The summed E-state index contributed by atoms with van der Waals surface area (Å²) < 4.78 is 2.16. The second-order valence-electron chi connectivity index (χ2n) is 4.68. The van der Waals surface area contributed by atoms with Crippen LogP contribution in [0.1, 0.15) is 13.3 Å². The number of benzene rings is 1. The van der Waals surface area contributed by atoms with Gasteiger partial charge in [0.05, 0.1) is 22.9 Å². The predicted molar refractivity (Wildman–Crippen MR) is 82.7 cm³/mol. The zero-order chi connectivity index (χ0) is 14.1. The molecule has 0 radical (unpaired) electrons. The van der Waals surface area contributed by atoms with Gasteiger partial charge in [-0.3, -0.25) is 4.98 Å². The monoisotopic (exact) mass is 286 g/mol. The van der Waals surface area contributed by atoms with Crippen LogP contribution < -0.4 is 5.73 Å². The first-order valence-corrected chi connectivity index (χ1v) is 6.94. The molecule has 0 atom stereocenters. The van der Waals surface area contributed by atoms with Crippen LogP contribution in [0.5, 0.6) is 0 Å². The maximum Gasteiger partial charge on any atom is 0.143 e. The predicted octanol–water partition coefficient (Wildman–Crippen LogP) is 3.74. The van der Waals surface area contributed by atoms with Gasteiger partial charge in [-0.1, -0.05) is 18.5 Å². The van der Waals surface area contributed by atoms with Crippen molar-refractivity contribution in [1.82, 2.24) is 14.5 Å². The summed E-state index contributed by atoms with van der Waals surface area (Å²) in [6.45, 7) is 3.00. The van der Waals surface area contributed by atoms with Gasteiger partial charge in [0.25, 0.3) is 0 Å². The van der Waals surface area contributed by atoms with Crippen molar-refractivity contribution < 1.29 is 0 Å². The van der Waals surface area contributed by atoms with Gasteiger partial charge >= 0.3 is 0 Å². The maximum absolute atomic E-state index is 6.10. The fourth-order valence-electron chi connectivity index (χ4n) is 2.36. The van der Waals surface area contributed by atoms with E-state index in [0.717, 1.165) is 35.4 Å². The SMILES string of the molecule is CCCn1c(-c2ccncc2N)nc2ccc(Cl)cc21. The molecule has 2 N–H and O–H groups in total. The lowest BCUT2D eigenvalue weighted by atomic mass is 10.2. The van der Waals surface area contributed by atoms with Crippen LogP contribution in [0.3, 0.4) is 0 Å². The van der Waals surface area contributed by atoms with Gasteiger partial charge in [0, 0.05) is 23.3 Å². The van der Waals surface area contributed by atoms with Crippen LogP contribution in [0, 0.1) is 0 Å². The molecule has 0 fully saturated rings. The van der Waals surface area contributed by atoms with E-state index in [4.69, 9.17) is 22.3 Å². The Morgan fingerprint density at radius 3 is 2.90 bits per heavy atom. The molecule has 0 spiro atoms. The van der Waals surface area contributed by atoms with E-state index in [1.165, 1.54) is 0 Å². The molecule has 3 rings (SSSR count). The van der Waals surface area contributed by atoms with E-state index < -0.39 is 0 Å². The summed E-state index contributed by atoms with van der Waals surface area (Å²) >= 11 is 6.10. The fourth-order valence-corrected chi connectivity index (χ4v) is 2.53. The van der Waals surface area contributed by atoms with Crippen molar-refractivity contribution >= 4 is 28.3 Å². The summed E-state index contributed by atoms with van der Waals surface area (Å²) in [5.74, 6) is 0.865. The molecule has 0 aliphatic heterocycles. The number of pyridine rings is 1. The van der Waals surface area contributed by atoms with Crippen molar-refractivity contribution in [1.29, 1.82) is 0 Å². The minimum atomic E-state index is 0.631. The van der Waals surface area contributed by atoms with Gasteiger partial charge in [0.15, 0.2) is 0 Å². The number of halogens is 1. The third-order valence-electron chi connectivity index (χ3n) is 3.25. The van der Waals surface area contributed by atoms with E-state index in [-0.39, 0.29) is 0 Å². The average Bonchev–Trinajstić information content (AvgIpc) is 2.78. The summed E-state index contributed by atoms with van der Waals surface area (Å²) in [6.07, 6.45) is 4.39. The summed E-state index contributed by atoms with van der Waals surface area (Å²) in [4.78, 5) is 8.73. The van der Waals surface area contributed by atoms with Crippen LogP contribution in [0.25, 0.3) is 22.4 Å². The standard InChI is InChI=1S/C15H15ClN4/c1-2-7-20-14-8-10(16)3-4-13(14)19-15(20)11-5-6-18-9-12(11)17/h3-6,8-9H,2,7,17H2,1H3. The van der Waals surface area contributed by atoms with E-state index in [2.05, 4.69) is 16.5 Å². The Kier molecular flexibility index (Phi) is 3.32. The van der Waals surface area contributed by atoms with Crippen molar-refractivity contribution in [2.75, 3.05) is 5.73 Å². The van der Waals surface area contributed by atoms with Crippen LogP contribution >= 0.6 is 11.6 Å². The Bertz CT molecular complexity index is 764. The number of nitrogens with two attached hydrogens (primary N) is 1. The first kappa shape index (κ1) is 12.9. The summed E-state index contributed by atoms with van der Waals surface area (Å²) in [5, 5.41) is 0.712. The Hall–Kier alpha value is -2.07. The van der Waals surface area contributed by atoms with Gasteiger partial charge in [-0.2, -0.15) is 0 Å². The quantitative estimate of drug-likeness (QED) is 0.798. The lowest BCUT2D eigenvalue weighted by Gasteiger charge is -2.09. The molecule has 0 saturated carbocycles. The third kappa shape index (κ3) is 2.12. The molecule has 1 aromatic carbocycles. The van der Waals surface area contributed by atoms with E-state index in [9.17, 15) is 0 Å². The third-order valence-corrected chi connectivity index (χ3v) is 3.49. The molecular formula is C15H15ClN4. The number of anilines is 1. The molecule has 0 amide bonds. The van der Waals surface area contributed by atoms with Gasteiger partial charge in [-0.05, 0) is 30.7 Å².